The summed E-state index contributed by atoms with van der Waals surface area (Å²) in [5.41, 5.74) is 0.814. The number of rotatable bonds is 6. The lowest BCUT2D eigenvalue weighted by atomic mass is 10.1. The fourth-order valence-corrected chi connectivity index (χ4v) is 3.16. The topological polar surface area (TPSA) is 74.6 Å². The minimum absolute atomic E-state index is 0.378. The Kier molecular flexibility index (Phi) is 4.90. The molecule has 4 nitrogen and oxygen atoms in total. The maximum absolute atomic E-state index is 12.0. The van der Waals surface area contributed by atoms with E-state index in [0.29, 0.717) is 11.1 Å². The van der Waals surface area contributed by atoms with Crippen molar-refractivity contribution in [3.8, 4) is 0 Å². The summed E-state index contributed by atoms with van der Waals surface area (Å²) in [5, 5.41) is 0. The van der Waals surface area contributed by atoms with Gasteiger partial charge >= 0.3 is 0 Å². The Balaban J connectivity index is 2.02. The van der Waals surface area contributed by atoms with Gasteiger partial charge in [-0.05, 0) is 0 Å². The van der Waals surface area contributed by atoms with E-state index in [9.17, 15) is 18.7 Å². The van der Waals surface area contributed by atoms with Gasteiger partial charge in [0.1, 0.15) is 11.5 Å². The number of carbonyl (C=O) groups excluding carboxylic acids is 2. The highest BCUT2D eigenvalue weighted by Gasteiger charge is 2.22. The summed E-state index contributed by atoms with van der Waals surface area (Å²) in [6.45, 7) is 0. The first-order valence-corrected chi connectivity index (χ1v) is 8.26. The van der Waals surface area contributed by atoms with Gasteiger partial charge in [0.05, 0.1) is 0 Å². The largest absolute Gasteiger partial charge is 0.299 e. The highest BCUT2D eigenvalue weighted by molar-refractivity contribution is 8.25. The van der Waals surface area contributed by atoms with Gasteiger partial charge in [0.15, 0.2) is 11.6 Å². The Morgan fingerprint density at radius 1 is 0.714 bits per heavy atom. The van der Waals surface area contributed by atoms with Crippen molar-refractivity contribution in [3.05, 3.63) is 71.8 Å². The molecule has 0 heterocycles. The molecule has 5 heteroatoms. The standard InChI is InChI=1S/C16H16O4S/c17-15(13-7-3-1-4-8-13)11-21(19,20)12-16(18)14-9-5-2-6-10-14/h1-10,19-20H,11-12H2. The summed E-state index contributed by atoms with van der Waals surface area (Å²) in [5.74, 6) is -1.63. The number of ketones is 2. The molecule has 0 bridgehead atoms. The molecule has 2 aromatic carbocycles. The second kappa shape index (κ2) is 6.67. The van der Waals surface area contributed by atoms with Crippen molar-refractivity contribution in [1.82, 2.24) is 0 Å². The monoisotopic (exact) mass is 304 g/mol. The van der Waals surface area contributed by atoms with Crippen LogP contribution in [-0.4, -0.2) is 32.2 Å². The van der Waals surface area contributed by atoms with E-state index >= 15 is 0 Å². The lowest BCUT2D eigenvalue weighted by Gasteiger charge is -2.30. The van der Waals surface area contributed by atoms with Crippen LogP contribution in [0.1, 0.15) is 20.7 Å². The zero-order chi connectivity index (χ0) is 15.3. The molecule has 0 saturated carbocycles. The SMILES string of the molecule is O=C(CS(O)(O)CC(=O)c1ccccc1)c1ccccc1. The summed E-state index contributed by atoms with van der Waals surface area (Å²) in [6, 6.07) is 16.8. The number of carbonyl (C=O) groups is 2. The second-order valence-electron chi connectivity index (χ2n) is 4.67. The highest BCUT2D eigenvalue weighted by atomic mass is 32.3. The molecule has 110 valence electrons. The van der Waals surface area contributed by atoms with Crippen LogP contribution in [0.4, 0.5) is 0 Å². The zero-order valence-corrected chi connectivity index (χ0v) is 12.1. The van der Waals surface area contributed by atoms with Crippen molar-refractivity contribution in [2.75, 3.05) is 11.5 Å². The molecule has 0 radical (unpaired) electrons. The minimum atomic E-state index is -3.28. The molecule has 2 N–H and O–H groups in total. The number of benzene rings is 2. The third-order valence-corrected chi connectivity index (χ3v) is 4.37. The van der Waals surface area contributed by atoms with Crippen LogP contribution in [0.5, 0.6) is 0 Å². The second-order valence-corrected chi connectivity index (χ2v) is 6.85. The van der Waals surface area contributed by atoms with E-state index in [1.807, 2.05) is 0 Å². The van der Waals surface area contributed by atoms with E-state index in [2.05, 4.69) is 0 Å². The van der Waals surface area contributed by atoms with Crippen LogP contribution in [0, 0.1) is 0 Å². The third kappa shape index (κ3) is 4.53. The Bertz CT molecular complexity index is 568. The Labute approximate surface area is 124 Å². The lowest BCUT2D eigenvalue weighted by Crippen LogP contribution is -2.20. The number of hydrogen-bond donors (Lipinski definition) is 2. The van der Waals surface area contributed by atoms with Crippen LogP contribution >= 0.6 is 10.6 Å². The molecule has 21 heavy (non-hydrogen) atoms. The quantitative estimate of drug-likeness (QED) is 0.801. The fourth-order valence-electron chi connectivity index (χ4n) is 1.89. The van der Waals surface area contributed by atoms with Gasteiger partial charge in [0.2, 0.25) is 0 Å². The van der Waals surface area contributed by atoms with Gasteiger partial charge in [-0.2, -0.15) is 10.6 Å². The molecule has 0 fully saturated rings. The fraction of sp³-hybridized carbons (Fsp3) is 0.125. The van der Waals surface area contributed by atoms with Crippen LogP contribution in [-0.2, 0) is 0 Å². The van der Waals surface area contributed by atoms with Gasteiger partial charge in [0, 0.05) is 11.1 Å². The van der Waals surface area contributed by atoms with Crippen molar-refractivity contribution in [2.45, 2.75) is 0 Å². The predicted molar refractivity (Wildman–Crippen MR) is 84.1 cm³/mol. The van der Waals surface area contributed by atoms with Crippen molar-refractivity contribution in [1.29, 1.82) is 0 Å². The van der Waals surface area contributed by atoms with Crippen molar-refractivity contribution >= 4 is 22.2 Å². The van der Waals surface area contributed by atoms with Gasteiger partial charge in [-0.15, -0.1) is 0 Å². The third-order valence-electron chi connectivity index (χ3n) is 2.92. The van der Waals surface area contributed by atoms with E-state index in [0.717, 1.165) is 0 Å². The molecule has 0 unspecified atom stereocenters. The first kappa shape index (κ1) is 15.4. The van der Waals surface area contributed by atoms with Gasteiger partial charge in [-0.25, -0.2) is 0 Å². The van der Waals surface area contributed by atoms with E-state index in [1.54, 1.807) is 60.7 Å². The van der Waals surface area contributed by atoms with Crippen LogP contribution in [0.25, 0.3) is 0 Å². The molecule has 0 aromatic heterocycles. The normalized spacial score (nSPS) is 11.9. The molecular formula is C16H16O4S. The van der Waals surface area contributed by atoms with E-state index in [4.69, 9.17) is 0 Å². The first-order chi connectivity index (χ1) is 9.98. The molecule has 0 atom stereocenters. The molecule has 2 rings (SSSR count). The summed E-state index contributed by atoms with van der Waals surface area (Å²) >= 11 is 0. The Morgan fingerprint density at radius 3 is 1.38 bits per heavy atom. The molecule has 0 aliphatic heterocycles. The first-order valence-electron chi connectivity index (χ1n) is 6.38. The van der Waals surface area contributed by atoms with Crippen LogP contribution in [0.2, 0.25) is 0 Å². The van der Waals surface area contributed by atoms with Gasteiger partial charge in [-0.3, -0.25) is 18.7 Å². The van der Waals surface area contributed by atoms with Gasteiger partial charge < -0.3 is 0 Å². The van der Waals surface area contributed by atoms with E-state index in [-0.39, 0.29) is 11.6 Å². The van der Waals surface area contributed by atoms with Crippen LogP contribution in [0.15, 0.2) is 60.7 Å². The van der Waals surface area contributed by atoms with Gasteiger partial charge in [0.25, 0.3) is 0 Å². The van der Waals surface area contributed by atoms with Crippen molar-refractivity contribution < 1.29 is 18.7 Å². The minimum Gasteiger partial charge on any atom is -0.299 e. The zero-order valence-electron chi connectivity index (χ0n) is 11.3. The van der Waals surface area contributed by atoms with Crippen molar-refractivity contribution in [3.63, 3.8) is 0 Å². The van der Waals surface area contributed by atoms with Gasteiger partial charge in [-0.1, -0.05) is 60.7 Å². The molecule has 2 aromatic rings. The van der Waals surface area contributed by atoms with E-state index < -0.39 is 22.1 Å². The summed E-state index contributed by atoms with van der Waals surface area (Å²) in [6.07, 6.45) is 0. The average molecular weight is 304 g/mol. The van der Waals surface area contributed by atoms with Crippen LogP contribution in [0.3, 0.4) is 0 Å². The Morgan fingerprint density at radius 2 is 1.05 bits per heavy atom. The Hall–Kier alpha value is -1.95. The van der Waals surface area contributed by atoms with E-state index in [1.165, 1.54) is 0 Å². The molecule has 0 spiro atoms. The molecule has 0 amide bonds. The molecule has 0 aliphatic rings. The number of hydrogen-bond acceptors (Lipinski definition) is 4. The maximum atomic E-state index is 12.0. The number of Topliss-reactive ketones (excluding diaryl/α,β-unsaturated/α-hetero) is 2. The highest BCUT2D eigenvalue weighted by Crippen LogP contribution is 2.39. The summed E-state index contributed by atoms with van der Waals surface area (Å²) < 4.78 is 20.0. The molecular weight excluding hydrogens is 288 g/mol. The molecule has 0 aliphatic carbocycles. The van der Waals surface area contributed by atoms with Crippen LogP contribution < -0.4 is 0 Å². The predicted octanol–water partition coefficient (Wildman–Crippen LogP) is 3.50. The lowest BCUT2D eigenvalue weighted by molar-refractivity contribution is 0.101. The van der Waals surface area contributed by atoms with Crippen molar-refractivity contribution in [2.24, 2.45) is 0 Å². The smallest absolute Gasteiger partial charge is 0.181 e. The maximum Gasteiger partial charge on any atom is 0.181 e. The average Bonchev–Trinajstić information content (AvgIpc) is 2.48. The molecule has 0 saturated heterocycles. The summed E-state index contributed by atoms with van der Waals surface area (Å²) in [7, 11) is -3.28. The summed E-state index contributed by atoms with van der Waals surface area (Å²) in [4.78, 5) is 23.9.